The Bertz CT molecular complexity index is 984. The fourth-order valence-corrected chi connectivity index (χ4v) is 3.14. The third kappa shape index (κ3) is 4.84. The summed E-state index contributed by atoms with van der Waals surface area (Å²) in [5.74, 6) is 1.68. The number of hydrogen-bond acceptors (Lipinski definition) is 6. The van der Waals surface area contributed by atoms with Crippen LogP contribution in [0.2, 0.25) is 0 Å². The number of aryl methyl sites for hydroxylation is 2. The highest BCUT2D eigenvalue weighted by molar-refractivity contribution is 5.93. The zero-order valence-corrected chi connectivity index (χ0v) is 17.0. The number of ether oxygens (including phenoxy) is 2. The molecule has 0 atom stereocenters. The van der Waals surface area contributed by atoms with E-state index in [-0.39, 0.29) is 5.91 Å². The molecule has 2 aromatic heterocycles. The minimum atomic E-state index is -0.199. The van der Waals surface area contributed by atoms with E-state index >= 15 is 0 Å². The van der Waals surface area contributed by atoms with Crippen LogP contribution >= 0.6 is 0 Å². The molecule has 1 amide bonds. The molecule has 0 fully saturated rings. The van der Waals surface area contributed by atoms with Gasteiger partial charge in [0.1, 0.15) is 17.3 Å². The molecule has 1 aromatic carbocycles. The van der Waals surface area contributed by atoms with Gasteiger partial charge in [-0.25, -0.2) is 4.98 Å². The molecule has 152 valence electrons. The lowest BCUT2D eigenvalue weighted by atomic mass is 10.1. The Morgan fingerprint density at radius 2 is 1.83 bits per heavy atom. The summed E-state index contributed by atoms with van der Waals surface area (Å²) in [5, 5.41) is 7.21. The molecule has 0 aliphatic carbocycles. The van der Waals surface area contributed by atoms with Gasteiger partial charge in [-0.1, -0.05) is 0 Å². The van der Waals surface area contributed by atoms with Gasteiger partial charge in [-0.15, -0.1) is 0 Å². The number of nitrogens with one attached hydrogen (secondary N) is 1. The minimum Gasteiger partial charge on any atom is -0.497 e. The molecule has 8 nitrogen and oxygen atoms in total. The molecule has 0 unspecified atom stereocenters. The molecule has 29 heavy (non-hydrogen) atoms. The third-order valence-electron chi connectivity index (χ3n) is 4.65. The number of hydrogen-bond donors (Lipinski definition) is 2. The molecular formula is C21H25N5O3. The smallest absolute Gasteiger partial charge is 0.254 e. The van der Waals surface area contributed by atoms with E-state index in [1.54, 1.807) is 37.4 Å². The number of carbonyl (C=O) groups excluding carboxylic acids is 1. The van der Waals surface area contributed by atoms with E-state index in [0.29, 0.717) is 36.0 Å². The van der Waals surface area contributed by atoms with Gasteiger partial charge in [0.15, 0.2) is 0 Å². The van der Waals surface area contributed by atoms with Gasteiger partial charge in [-0.3, -0.25) is 9.48 Å². The van der Waals surface area contributed by atoms with Crippen LogP contribution in [0, 0.1) is 13.8 Å². The molecule has 0 radical (unpaired) electrons. The molecule has 3 rings (SSSR count). The highest BCUT2D eigenvalue weighted by atomic mass is 16.5. The van der Waals surface area contributed by atoms with Crippen molar-refractivity contribution in [1.82, 2.24) is 20.1 Å². The summed E-state index contributed by atoms with van der Waals surface area (Å²) in [5.41, 5.74) is 9.96. The van der Waals surface area contributed by atoms with Crippen molar-refractivity contribution in [3.63, 3.8) is 0 Å². The zero-order valence-electron chi connectivity index (χ0n) is 17.0. The number of aromatic nitrogens is 3. The van der Waals surface area contributed by atoms with Crippen molar-refractivity contribution >= 4 is 11.7 Å². The summed E-state index contributed by atoms with van der Waals surface area (Å²) in [7, 11) is 3.21. The quantitative estimate of drug-likeness (QED) is 0.637. The fourth-order valence-electron chi connectivity index (χ4n) is 3.14. The van der Waals surface area contributed by atoms with E-state index < -0.39 is 0 Å². The van der Waals surface area contributed by atoms with Crippen molar-refractivity contribution in [3.8, 4) is 11.5 Å². The van der Waals surface area contributed by atoms with E-state index in [4.69, 9.17) is 15.2 Å². The lowest BCUT2D eigenvalue weighted by Gasteiger charge is -2.11. The average molecular weight is 395 g/mol. The third-order valence-corrected chi connectivity index (χ3v) is 4.65. The molecule has 8 heteroatoms. The van der Waals surface area contributed by atoms with Crippen LogP contribution < -0.4 is 20.5 Å². The minimum absolute atomic E-state index is 0.199. The first kappa shape index (κ1) is 20.2. The molecule has 3 N–H and O–H groups in total. The number of methoxy groups -OCH3 is 2. The number of carbonyl (C=O) groups is 1. The van der Waals surface area contributed by atoms with Gasteiger partial charge in [-0.05, 0) is 48.7 Å². The van der Waals surface area contributed by atoms with E-state index in [0.717, 1.165) is 22.4 Å². The van der Waals surface area contributed by atoms with Gasteiger partial charge < -0.3 is 20.5 Å². The number of benzene rings is 1. The summed E-state index contributed by atoms with van der Waals surface area (Å²) >= 11 is 0. The fraction of sp³-hybridized carbons (Fsp3) is 0.286. The number of anilines is 1. The maximum atomic E-state index is 12.5. The summed E-state index contributed by atoms with van der Waals surface area (Å²) in [6.45, 7) is 4.70. The van der Waals surface area contributed by atoms with Crippen LogP contribution in [-0.4, -0.2) is 34.9 Å². The number of rotatable bonds is 7. The van der Waals surface area contributed by atoms with Crippen molar-refractivity contribution < 1.29 is 14.3 Å². The number of nitrogens with two attached hydrogens (primary N) is 1. The van der Waals surface area contributed by atoms with Crippen LogP contribution in [0.4, 0.5) is 5.82 Å². The molecule has 0 bridgehead atoms. The Labute approximate surface area is 169 Å². The van der Waals surface area contributed by atoms with Crippen LogP contribution in [0.5, 0.6) is 11.5 Å². The standard InChI is InChI=1S/C21H25N5O3/c1-13-5-20(22)25-14(2)19(13)10-23-21(27)16-9-24-26(12-16)11-15-6-17(28-3)8-18(7-15)29-4/h5-9,12H,10-11H2,1-4H3,(H2,22,25)(H,23,27). The molecular weight excluding hydrogens is 370 g/mol. The largest absolute Gasteiger partial charge is 0.497 e. The first-order valence-corrected chi connectivity index (χ1v) is 9.14. The second-order valence-corrected chi connectivity index (χ2v) is 6.76. The van der Waals surface area contributed by atoms with Crippen molar-refractivity contribution in [2.45, 2.75) is 26.9 Å². The predicted octanol–water partition coefficient (Wildman–Crippen LogP) is 2.47. The predicted molar refractivity (Wildman–Crippen MR) is 110 cm³/mol. The molecule has 0 saturated heterocycles. The zero-order chi connectivity index (χ0) is 21.0. The maximum absolute atomic E-state index is 12.5. The lowest BCUT2D eigenvalue weighted by molar-refractivity contribution is 0.0950. The van der Waals surface area contributed by atoms with Gasteiger partial charge in [0, 0.05) is 24.5 Å². The SMILES string of the molecule is COc1cc(Cn2cc(C(=O)NCc3c(C)cc(N)nc3C)cn2)cc(OC)c1. The molecule has 2 heterocycles. The number of amides is 1. The van der Waals surface area contributed by atoms with Gasteiger partial charge in [0.05, 0.1) is 32.5 Å². The van der Waals surface area contributed by atoms with Crippen molar-refractivity contribution in [1.29, 1.82) is 0 Å². The van der Waals surface area contributed by atoms with E-state index in [9.17, 15) is 4.79 Å². The first-order chi connectivity index (χ1) is 13.9. The number of nitrogen functional groups attached to an aromatic ring is 1. The van der Waals surface area contributed by atoms with E-state index in [1.807, 2.05) is 32.0 Å². The highest BCUT2D eigenvalue weighted by Gasteiger charge is 2.12. The normalized spacial score (nSPS) is 10.6. The molecule has 0 spiro atoms. The molecule has 0 saturated carbocycles. The van der Waals surface area contributed by atoms with Gasteiger partial charge in [-0.2, -0.15) is 5.10 Å². The second-order valence-electron chi connectivity index (χ2n) is 6.76. The highest BCUT2D eigenvalue weighted by Crippen LogP contribution is 2.23. The van der Waals surface area contributed by atoms with Gasteiger partial charge in [0.2, 0.25) is 0 Å². The van der Waals surface area contributed by atoms with Gasteiger partial charge in [0.25, 0.3) is 5.91 Å². The van der Waals surface area contributed by atoms with Gasteiger partial charge >= 0.3 is 0 Å². The summed E-state index contributed by atoms with van der Waals surface area (Å²) in [4.78, 5) is 16.8. The summed E-state index contributed by atoms with van der Waals surface area (Å²) < 4.78 is 12.3. The number of nitrogens with zero attached hydrogens (tertiary/aromatic N) is 3. The Hall–Kier alpha value is -3.55. The maximum Gasteiger partial charge on any atom is 0.254 e. The first-order valence-electron chi connectivity index (χ1n) is 9.14. The van der Waals surface area contributed by atoms with Crippen LogP contribution in [0.25, 0.3) is 0 Å². The van der Waals surface area contributed by atoms with E-state index in [2.05, 4.69) is 15.4 Å². The number of pyridine rings is 1. The van der Waals surface area contributed by atoms with Crippen molar-refractivity contribution in [2.75, 3.05) is 20.0 Å². The molecule has 3 aromatic rings. The Morgan fingerprint density at radius 1 is 1.14 bits per heavy atom. The Kier molecular flexibility index (Phi) is 6.01. The van der Waals surface area contributed by atoms with Crippen molar-refractivity contribution in [2.24, 2.45) is 0 Å². The lowest BCUT2D eigenvalue weighted by Crippen LogP contribution is -2.23. The molecule has 0 aliphatic heterocycles. The van der Waals surface area contributed by atoms with Crippen LogP contribution in [0.3, 0.4) is 0 Å². The van der Waals surface area contributed by atoms with E-state index in [1.165, 1.54) is 0 Å². The van der Waals surface area contributed by atoms with Crippen LogP contribution in [0.1, 0.15) is 32.7 Å². The Balaban J connectivity index is 1.68. The monoisotopic (exact) mass is 395 g/mol. The van der Waals surface area contributed by atoms with Crippen LogP contribution in [0.15, 0.2) is 36.7 Å². The second kappa shape index (κ2) is 8.64. The topological polar surface area (TPSA) is 104 Å². The average Bonchev–Trinajstić information content (AvgIpc) is 3.15. The summed E-state index contributed by atoms with van der Waals surface area (Å²) in [6.07, 6.45) is 3.26. The Morgan fingerprint density at radius 3 is 2.45 bits per heavy atom. The van der Waals surface area contributed by atoms with Crippen LogP contribution in [-0.2, 0) is 13.1 Å². The van der Waals surface area contributed by atoms with Crippen molar-refractivity contribution in [3.05, 3.63) is 64.6 Å². The summed E-state index contributed by atoms with van der Waals surface area (Å²) in [6, 6.07) is 7.42. The molecule has 0 aliphatic rings.